The fourth-order valence-electron chi connectivity index (χ4n) is 3.14. The van der Waals surface area contributed by atoms with Crippen molar-refractivity contribution in [3.8, 4) is 22.8 Å². The van der Waals surface area contributed by atoms with Crippen LogP contribution < -0.4 is 20.5 Å². The van der Waals surface area contributed by atoms with Crippen LogP contribution in [0.15, 0.2) is 36.5 Å². The molecule has 1 aromatic carbocycles. The Labute approximate surface area is 156 Å². The summed E-state index contributed by atoms with van der Waals surface area (Å²) >= 11 is 0. The van der Waals surface area contributed by atoms with Crippen molar-refractivity contribution in [2.45, 2.75) is 12.5 Å². The average molecular weight is 364 g/mol. The van der Waals surface area contributed by atoms with E-state index in [2.05, 4.69) is 32.4 Å². The first kappa shape index (κ1) is 17.2. The molecule has 27 heavy (non-hydrogen) atoms. The molecule has 0 radical (unpaired) electrons. The highest BCUT2D eigenvalue weighted by molar-refractivity contribution is 5.77. The number of hydrogen-bond donors (Lipinski definition) is 2. The van der Waals surface area contributed by atoms with Gasteiger partial charge < -0.3 is 20.5 Å². The summed E-state index contributed by atoms with van der Waals surface area (Å²) in [6, 6.07) is 5.65. The Morgan fingerprint density at radius 1 is 1.07 bits per heavy atom. The molecule has 3 heterocycles. The molecule has 0 fully saturated rings. The van der Waals surface area contributed by atoms with Gasteiger partial charge in [0.25, 0.3) is 0 Å². The Balaban J connectivity index is 1.84. The van der Waals surface area contributed by atoms with Crippen molar-refractivity contribution < 1.29 is 9.47 Å². The maximum Gasteiger partial charge on any atom is 0.222 e. The van der Waals surface area contributed by atoms with Crippen molar-refractivity contribution in [3.05, 3.63) is 42.2 Å². The molecule has 2 aromatic heterocycles. The second-order valence-corrected chi connectivity index (χ2v) is 6.13. The zero-order valence-corrected chi connectivity index (χ0v) is 15.1. The number of benzene rings is 1. The lowest BCUT2D eigenvalue weighted by atomic mass is 10.1. The van der Waals surface area contributed by atoms with Gasteiger partial charge in [0.2, 0.25) is 5.95 Å². The van der Waals surface area contributed by atoms with Crippen LogP contribution in [0.2, 0.25) is 0 Å². The summed E-state index contributed by atoms with van der Waals surface area (Å²) in [4.78, 5) is 17.9. The van der Waals surface area contributed by atoms with Gasteiger partial charge in [-0.05, 0) is 24.6 Å². The molecular weight excluding hydrogens is 344 g/mol. The number of methoxy groups -OCH3 is 2. The van der Waals surface area contributed by atoms with Crippen molar-refractivity contribution in [2.24, 2.45) is 0 Å². The lowest BCUT2D eigenvalue weighted by Gasteiger charge is -2.20. The predicted octanol–water partition coefficient (Wildman–Crippen LogP) is 2.28. The van der Waals surface area contributed by atoms with E-state index in [1.807, 2.05) is 18.2 Å². The van der Waals surface area contributed by atoms with Gasteiger partial charge >= 0.3 is 0 Å². The van der Waals surface area contributed by atoms with Crippen LogP contribution in [0.25, 0.3) is 22.4 Å². The van der Waals surface area contributed by atoms with Gasteiger partial charge in [-0.15, -0.1) is 0 Å². The first-order valence-electron chi connectivity index (χ1n) is 8.60. The number of hydrogen-bond acceptors (Lipinski definition) is 8. The number of fused-ring (bicyclic) bond motifs is 1. The van der Waals surface area contributed by atoms with E-state index in [9.17, 15) is 0 Å². The molecule has 0 amide bonds. The molecule has 8 heteroatoms. The van der Waals surface area contributed by atoms with E-state index < -0.39 is 0 Å². The van der Waals surface area contributed by atoms with Crippen LogP contribution in [0.4, 0.5) is 5.95 Å². The Hall–Kier alpha value is -3.26. The third kappa shape index (κ3) is 3.26. The zero-order valence-electron chi connectivity index (χ0n) is 15.1. The molecule has 8 nitrogen and oxygen atoms in total. The van der Waals surface area contributed by atoms with Crippen molar-refractivity contribution in [3.63, 3.8) is 0 Å². The van der Waals surface area contributed by atoms with E-state index in [0.29, 0.717) is 28.4 Å². The van der Waals surface area contributed by atoms with Crippen LogP contribution in [-0.2, 0) is 0 Å². The molecule has 1 unspecified atom stereocenters. The highest BCUT2D eigenvalue weighted by atomic mass is 16.5. The van der Waals surface area contributed by atoms with Gasteiger partial charge in [0.1, 0.15) is 5.52 Å². The molecule has 1 aliphatic rings. The Morgan fingerprint density at radius 2 is 1.93 bits per heavy atom. The average Bonchev–Trinajstić information content (AvgIpc) is 2.73. The lowest BCUT2D eigenvalue weighted by Crippen LogP contribution is -2.25. The minimum Gasteiger partial charge on any atom is -0.493 e. The van der Waals surface area contributed by atoms with Crippen LogP contribution in [0, 0.1) is 0 Å². The molecule has 4 rings (SSSR count). The Bertz CT molecular complexity index is 1020. The third-order valence-corrected chi connectivity index (χ3v) is 4.48. The minimum absolute atomic E-state index is 0.0257. The highest BCUT2D eigenvalue weighted by Crippen LogP contribution is 2.32. The molecule has 0 saturated heterocycles. The Kier molecular flexibility index (Phi) is 4.55. The fourth-order valence-corrected chi connectivity index (χ4v) is 3.14. The van der Waals surface area contributed by atoms with E-state index in [0.717, 1.165) is 24.2 Å². The summed E-state index contributed by atoms with van der Waals surface area (Å²) in [6.45, 7) is 0.777. The molecule has 138 valence electrons. The van der Waals surface area contributed by atoms with E-state index in [-0.39, 0.29) is 12.0 Å². The molecule has 0 spiro atoms. The number of aromatic nitrogens is 4. The maximum absolute atomic E-state index is 5.88. The predicted molar refractivity (Wildman–Crippen MR) is 103 cm³/mol. The third-order valence-electron chi connectivity index (χ3n) is 4.48. The van der Waals surface area contributed by atoms with Gasteiger partial charge in [-0.2, -0.15) is 4.98 Å². The number of nitrogen functional groups attached to an aromatic ring is 1. The number of nitrogens with one attached hydrogen (secondary N) is 1. The number of nitrogens with zero attached hydrogens (tertiary/aromatic N) is 4. The summed E-state index contributed by atoms with van der Waals surface area (Å²) < 4.78 is 10.7. The molecule has 1 atom stereocenters. The molecule has 0 aliphatic carbocycles. The number of ether oxygens (including phenoxy) is 2. The van der Waals surface area contributed by atoms with Crippen LogP contribution >= 0.6 is 0 Å². The first-order valence-corrected chi connectivity index (χ1v) is 8.60. The second kappa shape index (κ2) is 7.16. The maximum atomic E-state index is 5.88. The van der Waals surface area contributed by atoms with Crippen LogP contribution in [0.3, 0.4) is 0 Å². The van der Waals surface area contributed by atoms with Crippen LogP contribution in [0.1, 0.15) is 18.2 Å². The number of nitrogens with two attached hydrogens (primary N) is 1. The van der Waals surface area contributed by atoms with Crippen molar-refractivity contribution in [1.82, 2.24) is 25.3 Å². The first-order chi connectivity index (χ1) is 13.2. The zero-order chi connectivity index (χ0) is 18.8. The lowest BCUT2D eigenvalue weighted by molar-refractivity contribution is 0.355. The molecule has 1 aliphatic heterocycles. The molecule has 0 bridgehead atoms. The summed E-state index contributed by atoms with van der Waals surface area (Å²) in [5, 5.41) is 3.41. The SMILES string of the molecule is COc1ccc(-c2cnc3nc(N)nc(C4CC=CCN4)c3n2)cc1OC. The van der Waals surface area contributed by atoms with Crippen molar-refractivity contribution in [1.29, 1.82) is 0 Å². The van der Waals surface area contributed by atoms with Crippen molar-refractivity contribution >= 4 is 17.1 Å². The topological polar surface area (TPSA) is 108 Å². The number of anilines is 1. The van der Waals surface area contributed by atoms with E-state index >= 15 is 0 Å². The monoisotopic (exact) mass is 364 g/mol. The molecular formula is C19H20N6O2. The summed E-state index contributed by atoms with van der Waals surface area (Å²) in [5.74, 6) is 1.48. The van der Waals surface area contributed by atoms with Crippen molar-refractivity contribution in [2.75, 3.05) is 26.5 Å². The molecule has 3 N–H and O–H groups in total. The summed E-state index contributed by atoms with van der Waals surface area (Å²) in [7, 11) is 3.21. The van der Waals surface area contributed by atoms with E-state index in [1.54, 1.807) is 20.4 Å². The smallest absolute Gasteiger partial charge is 0.222 e. The van der Waals surface area contributed by atoms with Gasteiger partial charge in [-0.25, -0.2) is 15.0 Å². The van der Waals surface area contributed by atoms with Gasteiger partial charge in [0.15, 0.2) is 17.1 Å². The second-order valence-electron chi connectivity index (χ2n) is 6.13. The Morgan fingerprint density at radius 3 is 2.67 bits per heavy atom. The molecule has 0 saturated carbocycles. The van der Waals surface area contributed by atoms with Crippen LogP contribution in [-0.4, -0.2) is 40.7 Å². The van der Waals surface area contributed by atoms with Gasteiger partial charge in [-0.3, -0.25) is 0 Å². The van der Waals surface area contributed by atoms with Crippen LogP contribution in [0.5, 0.6) is 11.5 Å². The van der Waals surface area contributed by atoms with E-state index in [4.69, 9.17) is 20.2 Å². The normalized spacial score (nSPS) is 16.4. The summed E-state index contributed by atoms with van der Waals surface area (Å²) in [6.07, 6.45) is 6.70. The highest BCUT2D eigenvalue weighted by Gasteiger charge is 2.20. The largest absolute Gasteiger partial charge is 0.493 e. The number of rotatable bonds is 4. The van der Waals surface area contributed by atoms with Gasteiger partial charge in [0.05, 0.1) is 37.8 Å². The van der Waals surface area contributed by atoms with E-state index in [1.165, 1.54) is 0 Å². The van der Waals surface area contributed by atoms with Gasteiger partial charge in [-0.1, -0.05) is 12.2 Å². The fraction of sp³-hybridized carbons (Fsp3) is 0.263. The minimum atomic E-state index is 0.0257. The van der Waals surface area contributed by atoms with Gasteiger partial charge in [0, 0.05) is 12.1 Å². The summed E-state index contributed by atoms with van der Waals surface area (Å²) in [5.41, 5.74) is 9.33. The molecule has 3 aromatic rings. The standard InChI is InChI=1S/C19H20N6O2/c1-26-14-7-6-11(9-15(14)27-2)13-10-22-18-17(23-13)16(24-19(20)25-18)12-5-3-4-8-21-12/h3-4,6-7,9-10,12,21H,5,8H2,1-2H3,(H2,20,22,24,25). The quantitative estimate of drug-likeness (QED) is 0.679.